The standard InChI is InChI=1S/C29H36N4O2/c34-28(32-18-24-11-13-30(26(24)20-32)16-22-7-3-1-4-8-22)15-29(35)33-19-25-12-14-31(27(25)21-33)17-23-9-5-2-6-10-23/h1-10,24-27H,11-21H2/t24-,25+,26+,27-. The Hall–Kier alpha value is -2.70. The van der Waals surface area contributed by atoms with Gasteiger partial charge in [-0.2, -0.15) is 0 Å². The van der Waals surface area contributed by atoms with Crippen molar-refractivity contribution in [1.29, 1.82) is 0 Å². The van der Waals surface area contributed by atoms with Gasteiger partial charge in [0.25, 0.3) is 0 Å². The first-order valence-electron chi connectivity index (χ1n) is 13.3. The average molecular weight is 473 g/mol. The van der Waals surface area contributed by atoms with E-state index in [1.807, 2.05) is 9.80 Å². The number of likely N-dealkylation sites (tertiary alicyclic amines) is 4. The lowest BCUT2D eigenvalue weighted by atomic mass is 10.0. The Balaban J connectivity index is 1.01. The molecule has 184 valence electrons. The SMILES string of the molecule is O=C(CC(=O)N1C[C@H]2CCN(Cc3ccccc3)[C@H]2C1)N1C[C@@H]2CCN(Cc3ccccc3)[C@@H]2C1. The molecular formula is C29H36N4O2. The summed E-state index contributed by atoms with van der Waals surface area (Å²) in [7, 11) is 0. The summed E-state index contributed by atoms with van der Waals surface area (Å²) in [5, 5.41) is 0. The molecule has 0 spiro atoms. The highest BCUT2D eigenvalue weighted by Gasteiger charge is 2.45. The number of carbonyl (C=O) groups is 2. The minimum atomic E-state index is 0.0160. The predicted molar refractivity (Wildman–Crippen MR) is 135 cm³/mol. The Bertz CT molecular complexity index is 962. The van der Waals surface area contributed by atoms with Gasteiger partial charge in [-0.15, -0.1) is 0 Å². The Kier molecular flexibility index (Phi) is 6.33. The lowest BCUT2D eigenvalue weighted by Crippen LogP contribution is -2.40. The van der Waals surface area contributed by atoms with Crippen LogP contribution in [0, 0.1) is 11.8 Å². The summed E-state index contributed by atoms with van der Waals surface area (Å²) in [6.07, 6.45) is 2.31. The van der Waals surface area contributed by atoms with Crippen molar-refractivity contribution in [2.45, 2.75) is 44.4 Å². The fourth-order valence-corrected chi connectivity index (χ4v) is 6.89. The smallest absolute Gasteiger partial charge is 0.232 e. The fourth-order valence-electron chi connectivity index (χ4n) is 6.89. The Labute approximate surface area is 208 Å². The van der Waals surface area contributed by atoms with Crippen molar-refractivity contribution in [3.63, 3.8) is 0 Å². The summed E-state index contributed by atoms with van der Waals surface area (Å²) >= 11 is 0. The number of hydrogen-bond acceptors (Lipinski definition) is 4. The molecule has 2 amide bonds. The van der Waals surface area contributed by atoms with Crippen molar-refractivity contribution in [3.05, 3.63) is 71.8 Å². The van der Waals surface area contributed by atoms with Crippen molar-refractivity contribution in [3.8, 4) is 0 Å². The molecule has 0 aliphatic carbocycles. The number of fused-ring (bicyclic) bond motifs is 2. The van der Waals surface area contributed by atoms with E-state index in [9.17, 15) is 9.59 Å². The van der Waals surface area contributed by atoms with Crippen LogP contribution in [0.3, 0.4) is 0 Å². The summed E-state index contributed by atoms with van der Waals surface area (Å²) in [5.41, 5.74) is 2.66. The minimum absolute atomic E-state index is 0.0160. The van der Waals surface area contributed by atoms with Crippen molar-refractivity contribution in [2.24, 2.45) is 11.8 Å². The molecule has 4 aliphatic rings. The van der Waals surface area contributed by atoms with Gasteiger partial charge in [0.1, 0.15) is 6.42 Å². The molecule has 6 heteroatoms. The second-order valence-corrected chi connectivity index (χ2v) is 10.9. The van der Waals surface area contributed by atoms with Crippen molar-refractivity contribution >= 4 is 11.8 Å². The van der Waals surface area contributed by atoms with Crippen LogP contribution in [0.2, 0.25) is 0 Å². The molecule has 6 nitrogen and oxygen atoms in total. The van der Waals surface area contributed by atoms with Gasteiger partial charge in [0, 0.05) is 51.4 Å². The van der Waals surface area contributed by atoms with E-state index < -0.39 is 0 Å². The Morgan fingerprint density at radius 2 is 1.06 bits per heavy atom. The first-order chi connectivity index (χ1) is 17.1. The zero-order chi connectivity index (χ0) is 23.8. The molecule has 0 saturated carbocycles. The molecule has 6 rings (SSSR count). The van der Waals surface area contributed by atoms with Crippen LogP contribution in [0.1, 0.15) is 30.4 Å². The topological polar surface area (TPSA) is 47.1 Å². The van der Waals surface area contributed by atoms with Crippen LogP contribution in [-0.4, -0.2) is 82.8 Å². The van der Waals surface area contributed by atoms with E-state index in [1.165, 1.54) is 11.1 Å². The largest absolute Gasteiger partial charge is 0.340 e. The third-order valence-corrected chi connectivity index (χ3v) is 8.79. The third kappa shape index (κ3) is 4.74. The van der Waals surface area contributed by atoms with E-state index in [0.29, 0.717) is 23.9 Å². The van der Waals surface area contributed by atoms with Gasteiger partial charge in [-0.3, -0.25) is 19.4 Å². The second-order valence-electron chi connectivity index (χ2n) is 10.9. The lowest BCUT2D eigenvalue weighted by molar-refractivity contribution is -0.140. The number of carbonyl (C=O) groups excluding carboxylic acids is 2. The van der Waals surface area contributed by atoms with Gasteiger partial charge in [0.05, 0.1) is 0 Å². The van der Waals surface area contributed by atoms with Crippen molar-refractivity contribution in [1.82, 2.24) is 19.6 Å². The maximum atomic E-state index is 13.1. The molecular weight excluding hydrogens is 436 g/mol. The normalized spacial score (nSPS) is 28.5. The first kappa shape index (κ1) is 22.7. The van der Waals surface area contributed by atoms with E-state index in [-0.39, 0.29) is 18.2 Å². The molecule has 2 aromatic rings. The molecule has 4 fully saturated rings. The molecule has 0 unspecified atom stereocenters. The molecule has 4 aliphatic heterocycles. The van der Waals surface area contributed by atoms with Crippen LogP contribution in [0.15, 0.2) is 60.7 Å². The summed E-state index contributed by atoms with van der Waals surface area (Å²) < 4.78 is 0. The molecule has 0 bridgehead atoms. The van der Waals surface area contributed by atoms with E-state index >= 15 is 0 Å². The van der Waals surface area contributed by atoms with E-state index in [1.54, 1.807) is 0 Å². The minimum Gasteiger partial charge on any atom is -0.340 e. The molecule has 0 radical (unpaired) electrons. The molecule has 0 N–H and O–H groups in total. The van der Waals surface area contributed by atoms with Crippen LogP contribution in [0.4, 0.5) is 0 Å². The highest BCUT2D eigenvalue weighted by Crippen LogP contribution is 2.34. The zero-order valence-electron chi connectivity index (χ0n) is 20.5. The fraction of sp³-hybridized carbons (Fsp3) is 0.517. The summed E-state index contributed by atoms with van der Waals surface area (Å²) in [6.45, 7) is 7.22. The number of nitrogens with zero attached hydrogens (tertiary/aromatic N) is 4. The lowest BCUT2D eigenvalue weighted by Gasteiger charge is -2.26. The quantitative estimate of drug-likeness (QED) is 0.607. The second kappa shape index (κ2) is 9.75. The van der Waals surface area contributed by atoms with Gasteiger partial charge < -0.3 is 9.80 Å². The highest BCUT2D eigenvalue weighted by molar-refractivity contribution is 5.97. The highest BCUT2D eigenvalue weighted by atomic mass is 16.2. The van der Waals surface area contributed by atoms with Gasteiger partial charge in [0.2, 0.25) is 11.8 Å². The number of benzene rings is 2. The Morgan fingerprint density at radius 1 is 0.629 bits per heavy atom. The van der Waals surface area contributed by atoms with Crippen LogP contribution in [-0.2, 0) is 22.7 Å². The predicted octanol–water partition coefficient (Wildman–Crippen LogP) is 2.84. The molecule has 4 atom stereocenters. The van der Waals surface area contributed by atoms with Gasteiger partial charge >= 0.3 is 0 Å². The number of amides is 2. The van der Waals surface area contributed by atoms with Crippen LogP contribution >= 0.6 is 0 Å². The maximum Gasteiger partial charge on any atom is 0.232 e. The van der Waals surface area contributed by atoms with Gasteiger partial charge in [-0.25, -0.2) is 0 Å². The molecule has 2 aromatic carbocycles. The monoisotopic (exact) mass is 472 g/mol. The van der Waals surface area contributed by atoms with Crippen LogP contribution in [0.25, 0.3) is 0 Å². The van der Waals surface area contributed by atoms with E-state index in [0.717, 1.165) is 65.2 Å². The number of hydrogen-bond donors (Lipinski definition) is 0. The number of rotatable bonds is 6. The van der Waals surface area contributed by atoms with Gasteiger partial charge in [-0.05, 0) is 48.9 Å². The average Bonchev–Trinajstić information content (AvgIpc) is 3.64. The Morgan fingerprint density at radius 3 is 1.49 bits per heavy atom. The molecule has 35 heavy (non-hydrogen) atoms. The summed E-state index contributed by atoms with van der Waals surface area (Å²) in [6, 6.07) is 22.0. The summed E-state index contributed by atoms with van der Waals surface area (Å²) in [4.78, 5) is 35.2. The maximum absolute atomic E-state index is 13.1. The van der Waals surface area contributed by atoms with Crippen molar-refractivity contribution in [2.75, 3.05) is 39.3 Å². The van der Waals surface area contributed by atoms with Gasteiger partial charge in [-0.1, -0.05) is 60.7 Å². The molecule has 4 heterocycles. The van der Waals surface area contributed by atoms with Gasteiger partial charge in [0.15, 0.2) is 0 Å². The van der Waals surface area contributed by atoms with E-state index in [2.05, 4.69) is 70.5 Å². The third-order valence-electron chi connectivity index (χ3n) is 8.79. The van der Waals surface area contributed by atoms with E-state index in [4.69, 9.17) is 0 Å². The van der Waals surface area contributed by atoms with Crippen LogP contribution in [0.5, 0.6) is 0 Å². The molecule has 4 saturated heterocycles. The zero-order valence-corrected chi connectivity index (χ0v) is 20.5. The van der Waals surface area contributed by atoms with Crippen molar-refractivity contribution < 1.29 is 9.59 Å². The first-order valence-corrected chi connectivity index (χ1v) is 13.3. The van der Waals surface area contributed by atoms with Crippen LogP contribution < -0.4 is 0 Å². The summed E-state index contributed by atoms with van der Waals surface area (Å²) in [5.74, 6) is 1.11. The molecule has 0 aromatic heterocycles.